The van der Waals surface area contributed by atoms with E-state index >= 15 is 0 Å². The first-order chi connectivity index (χ1) is 27.0. The summed E-state index contributed by atoms with van der Waals surface area (Å²) in [5, 5.41) is 107. The van der Waals surface area contributed by atoms with Crippen molar-refractivity contribution in [3.05, 3.63) is 11.6 Å². The maximum Gasteiger partial charge on any atom is 0.315 e. The van der Waals surface area contributed by atoms with Crippen molar-refractivity contribution < 1.29 is 79.6 Å². The molecule has 7 rings (SSSR count). The topological polar surface area (TPSA) is 273 Å². The van der Waals surface area contributed by atoms with Crippen molar-refractivity contribution in [1.82, 2.24) is 0 Å². The Bertz CT molecular complexity index is 1620. The molecule has 10 N–H and O–H groups in total. The number of rotatable bonds is 7. The number of carbonyl (C=O) groups is 2. The Morgan fingerprint density at radius 2 is 1.38 bits per heavy atom. The lowest BCUT2D eigenvalue weighted by atomic mass is 9.33. The molecule has 2 heterocycles. The largest absolute Gasteiger partial charge is 0.481 e. The van der Waals surface area contributed by atoms with Crippen LogP contribution in [0.4, 0.5) is 0 Å². The van der Waals surface area contributed by atoms with Crippen LogP contribution in [0.2, 0.25) is 0 Å². The predicted molar refractivity (Wildman–Crippen MR) is 201 cm³/mol. The van der Waals surface area contributed by atoms with Crippen molar-refractivity contribution in [3.63, 3.8) is 0 Å². The molecule has 330 valence electrons. The summed E-state index contributed by atoms with van der Waals surface area (Å²) in [6.45, 7) is 10.8. The van der Waals surface area contributed by atoms with Gasteiger partial charge in [-0.3, -0.25) is 9.59 Å². The van der Waals surface area contributed by atoms with E-state index in [4.69, 9.17) is 18.9 Å². The second-order valence-corrected chi connectivity index (χ2v) is 20.1. The molecule has 0 unspecified atom stereocenters. The number of aliphatic hydroxyl groups is 9. The maximum atomic E-state index is 14.9. The molecule has 7 aliphatic rings. The lowest BCUT2D eigenvalue weighted by molar-refractivity contribution is -0.329. The average molecular weight is 827 g/mol. The van der Waals surface area contributed by atoms with Gasteiger partial charge in [-0.2, -0.15) is 0 Å². The smallest absolute Gasteiger partial charge is 0.315 e. The zero-order valence-corrected chi connectivity index (χ0v) is 34.4. The van der Waals surface area contributed by atoms with Gasteiger partial charge in [0.05, 0.1) is 35.7 Å². The third kappa shape index (κ3) is 6.13. The zero-order valence-electron chi connectivity index (χ0n) is 34.4. The van der Waals surface area contributed by atoms with Crippen molar-refractivity contribution in [3.8, 4) is 0 Å². The summed E-state index contributed by atoms with van der Waals surface area (Å²) in [5.41, 5.74) is -4.16. The van der Waals surface area contributed by atoms with Crippen LogP contribution in [-0.4, -0.2) is 149 Å². The standard InChI is InChI=1S/C42H66O16/c1-19-9-14-42(36(53)58-34-31(50)29(48)27(46)22(57-34)18-55-33-30(49)28(47)26(45)21(17-43)56-33)16-15-38(3)20(32(42)41(19,6)54)7-8-23-37(2)12-11-25(44)40(5,35(51)52)24(37)10-13-39(23,38)4/h7,19,21-34,43-50,54H,8-18H2,1-6H3,(H,51,52)/t19-,21-,22+,23-,24-,25+,26-,27+,28+,29-,30+,31+,32-,33-,34-,37+,38+,39+,40+,41-,42-/m1/s1. The highest BCUT2D eigenvalue weighted by Gasteiger charge is 2.73. The Labute approximate surface area is 339 Å². The van der Waals surface area contributed by atoms with Crippen molar-refractivity contribution in [2.45, 2.75) is 172 Å². The Morgan fingerprint density at radius 1 is 0.759 bits per heavy atom. The third-order valence-corrected chi connectivity index (χ3v) is 17.7. The fourth-order valence-corrected chi connectivity index (χ4v) is 13.6. The molecular formula is C42H66O16. The minimum absolute atomic E-state index is 0.0740. The number of aliphatic carboxylic acids is 1. The van der Waals surface area contributed by atoms with E-state index in [-0.39, 0.29) is 28.6 Å². The summed E-state index contributed by atoms with van der Waals surface area (Å²) in [7, 11) is 0. The number of fused-ring (bicyclic) bond motifs is 7. The number of esters is 1. The highest BCUT2D eigenvalue weighted by atomic mass is 16.7. The Morgan fingerprint density at radius 3 is 2.02 bits per heavy atom. The van der Waals surface area contributed by atoms with E-state index in [1.807, 2.05) is 6.92 Å². The highest BCUT2D eigenvalue weighted by molar-refractivity contribution is 5.79. The van der Waals surface area contributed by atoms with Gasteiger partial charge < -0.3 is 70.0 Å². The van der Waals surface area contributed by atoms with E-state index in [9.17, 15) is 60.7 Å². The van der Waals surface area contributed by atoms with Gasteiger partial charge in [0.1, 0.15) is 48.8 Å². The van der Waals surface area contributed by atoms with Crippen LogP contribution in [0.15, 0.2) is 11.6 Å². The Balaban J connectivity index is 1.16. The number of carboxylic acids is 1. The Hall–Kier alpha value is -1.80. The monoisotopic (exact) mass is 826 g/mol. The molecule has 16 heteroatoms. The van der Waals surface area contributed by atoms with Gasteiger partial charge >= 0.3 is 11.9 Å². The number of aliphatic hydroxyl groups excluding tert-OH is 8. The fourth-order valence-electron chi connectivity index (χ4n) is 13.6. The molecule has 58 heavy (non-hydrogen) atoms. The van der Waals surface area contributed by atoms with Crippen LogP contribution in [0.1, 0.15) is 99.3 Å². The molecule has 0 spiro atoms. The Kier molecular flexibility index (Phi) is 11.4. The van der Waals surface area contributed by atoms with E-state index in [2.05, 4.69) is 26.8 Å². The minimum atomic E-state index is -1.87. The van der Waals surface area contributed by atoms with Gasteiger partial charge in [-0.25, -0.2) is 0 Å². The summed E-state index contributed by atoms with van der Waals surface area (Å²) in [6.07, 6.45) is -10.6. The molecule has 2 saturated heterocycles. The highest BCUT2D eigenvalue weighted by Crippen LogP contribution is 2.76. The summed E-state index contributed by atoms with van der Waals surface area (Å²) in [5.74, 6) is -2.77. The lowest BCUT2D eigenvalue weighted by Gasteiger charge is -2.71. The third-order valence-electron chi connectivity index (χ3n) is 17.7. The molecule has 0 aromatic carbocycles. The van der Waals surface area contributed by atoms with Crippen LogP contribution in [-0.2, 0) is 28.5 Å². The molecule has 5 aliphatic carbocycles. The molecule has 21 atom stereocenters. The van der Waals surface area contributed by atoms with Crippen LogP contribution in [0, 0.1) is 50.7 Å². The van der Waals surface area contributed by atoms with E-state index in [1.165, 1.54) is 0 Å². The van der Waals surface area contributed by atoms with E-state index in [0.717, 1.165) is 5.57 Å². The average Bonchev–Trinajstić information content (AvgIpc) is 3.17. The van der Waals surface area contributed by atoms with Crippen LogP contribution in [0.25, 0.3) is 0 Å². The van der Waals surface area contributed by atoms with Crippen LogP contribution >= 0.6 is 0 Å². The van der Waals surface area contributed by atoms with E-state index < -0.39 is 120 Å². The molecule has 16 nitrogen and oxygen atoms in total. The molecular weight excluding hydrogens is 760 g/mol. The van der Waals surface area contributed by atoms with Gasteiger partial charge in [0.15, 0.2) is 6.29 Å². The summed E-state index contributed by atoms with van der Waals surface area (Å²) in [4.78, 5) is 27.7. The quantitative estimate of drug-likeness (QED) is 0.123. The number of allylic oxidation sites excluding steroid dienone is 1. The van der Waals surface area contributed by atoms with Crippen LogP contribution in [0.3, 0.4) is 0 Å². The number of carboxylic acid groups (broad SMARTS) is 1. The molecule has 6 fully saturated rings. The van der Waals surface area contributed by atoms with Gasteiger partial charge in [0.2, 0.25) is 6.29 Å². The molecule has 0 aromatic heterocycles. The molecule has 0 amide bonds. The molecule has 0 aromatic rings. The lowest BCUT2D eigenvalue weighted by Crippen LogP contribution is -2.69. The zero-order chi connectivity index (χ0) is 42.7. The number of carbonyl (C=O) groups excluding carboxylic acids is 1. The van der Waals surface area contributed by atoms with E-state index in [1.54, 1.807) is 13.8 Å². The molecule has 2 aliphatic heterocycles. The fraction of sp³-hybridized carbons (Fsp3) is 0.905. The summed E-state index contributed by atoms with van der Waals surface area (Å²) in [6, 6.07) is 0. The number of ether oxygens (including phenoxy) is 4. The minimum Gasteiger partial charge on any atom is -0.481 e. The number of hydrogen-bond acceptors (Lipinski definition) is 15. The summed E-state index contributed by atoms with van der Waals surface area (Å²) >= 11 is 0. The van der Waals surface area contributed by atoms with Crippen LogP contribution in [0.5, 0.6) is 0 Å². The molecule has 4 saturated carbocycles. The first kappa shape index (κ1) is 44.3. The number of hydrogen-bond donors (Lipinski definition) is 10. The van der Waals surface area contributed by atoms with Crippen molar-refractivity contribution in [1.29, 1.82) is 0 Å². The SMILES string of the molecule is C[C@@H]1CC[C@@]2(C(=O)O[C@H]3O[C@@H](CO[C@@H]4O[C@H](CO)[C@@H](O)[C@H](O)[C@@H]4O)[C@H](O)[C@@H](O)[C@@H]3O)CC[C@@]3(C)C(=CC[C@@H]4[C@]5(C)CC[C@H](O)[C@@](C)(C(=O)O)[C@@H]5CC[C@@]43C)[C@@H]2[C@]1(C)O. The van der Waals surface area contributed by atoms with Gasteiger partial charge in [0.25, 0.3) is 0 Å². The maximum absolute atomic E-state index is 14.9. The van der Waals surface area contributed by atoms with Crippen molar-refractivity contribution in [2.24, 2.45) is 50.7 Å². The molecule has 0 radical (unpaired) electrons. The van der Waals surface area contributed by atoms with E-state index in [0.29, 0.717) is 57.8 Å². The normalized spacial score (nSPS) is 55.5. The second kappa shape index (κ2) is 14.9. The van der Waals surface area contributed by atoms with Gasteiger partial charge in [0, 0.05) is 5.92 Å². The molecule has 0 bridgehead atoms. The second-order valence-electron chi connectivity index (χ2n) is 20.1. The van der Waals surface area contributed by atoms with Crippen LogP contribution < -0.4 is 0 Å². The summed E-state index contributed by atoms with van der Waals surface area (Å²) < 4.78 is 22.8. The van der Waals surface area contributed by atoms with Gasteiger partial charge in [-0.1, -0.05) is 39.3 Å². The van der Waals surface area contributed by atoms with Gasteiger partial charge in [-0.05, 0) is 106 Å². The first-order valence-corrected chi connectivity index (χ1v) is 21.1. The predicted octanol–water partition coefficient (Wildman–Crippen LogP) is 0.352. The van der Waals surface area contributed by atoms with Gasteiger partial charge in [-0.15, -0.1) is 0 Å². The first-order valence-electron chi connectivity index (χ1n) is 21.1. The van der Waals surface area contributed by atoms with Crippen molar-refractivity contribution in [2.75, 3.05) is 13.2 Å². The van der Waals surface area contributed by atoms with Crippen molar-refractivity contribution >= 4 is 11.9 Å².